The van der Waals surface area contributed by atoms with E-state index in [0.717, 1.165) is 27.6 Å². The Labute approximate surface area is 174 Å². The van der Waals surface area contributed by atoms with Gasteiger partial charge < -0.3 is 4.98 Å². The van der Waals surface area contributed by atoms with Gasteiger partial charge in [0.2, 0.25) is 0 Å². The van der Waals surface area contributed by atoms with Crippen molar-refractivity contribution in [1.82, 2.24) is 40.1 Å². The van der Waals surface area contributed by atoms with Crippen LogP contribution in [0.3, 0.4) is 0 Å². The molecule has 0 fully saturated rings. The Morgan fingerprint density at radius 2 is 1.65 bits per heavy atom. The summed E-state index contributed by atoms with van der Waals surface area (Å²) in [6.07, 6.45) is 8.40. The number of benzene rings is 1. The third-order valence-corrected chi connectivity index (χ3v) is 5.05. The summed E-state index contributed by atoms with van der Waals surface area (Å²) in [6, 6.07) is 10.0. The maximum Gasteiger partial charge on any atom is 0.159 e. The lowest BCUT2D eigenvalue weighted by molar-refractivity contribution is 0.628. The molecular formula is C22H13FN8. The molecule has 1 aromatic carbocycles. The van der Waals surface area contributed by atoms with Gasteiger partial charge in [0.25, 0.3) is 0 Å². The minimum absolute atomic E-state index is 0.297. The van der Waals surface area contributed by atoms with Gasteiger partial charge in [-0.3, -0.25) is 10.1 Å². The summed E-state index contributed by atoms with van der Waals surface area (Å²) in [5, 5.41) is 8.20. The van der Waals surface area contributed by atoms with E-state index in [-0.39, 0.29) is 5.82 Å². The normalized spacial score (nSPS) is 11.4. The van der Waals surface area contributed by atoms with Crippen LogP contribution < -0.4 is 0 Å². The number of aromatic nitrogens is 8. The van der Waals surface area contributed by atoms with Crippen molar-refractivity contribution < 1.29 is 4.39 Å². The molecule has 0 aliphatic carbocycles. The second-order valence-electron chi connectivity index (χ2n) is 6.97. The lowest BCUT2D eigenvalue weighted by Crippen LogP contribution is -1.86. The first-order valence-electron chi connectivity index (χ1n) is 9.47. The smallest absolute Gasteiger partial charge is 0.159 e. The molecule has 5 aromatic heterocycles. The monoisotopic (exact) mass is 408 g/mol. The molecule has 6 rings (SSSR count). The Morgan fingerprint density at radius 1 is 0.806 bits per heavy atom. The molecule has 0 aliphatic heterocycles. The topological polar surface area (TPSA) is 109 Å². The van der Waals surface area contributed by atoms with E-state index in [0.29, 0.717) is 28.4 Å². The van der Waals surface area contributed by atoms with Gasteiger partial charge in [0.1, 0.15) is 23.4 Å². The zero-order valence-corrected chi connectivity index (χ0v) is 15.9. The number of hydrogen-bond donors (Lipinski definition) is 2. The fourth-order valence-electron chi connectivity index (χ4n) is 3.56. The van der Waals surface area contributed by atoms with Crippen LogP contribution in [0, 0.1) is 5.82 Å². The molecule has 0 amide bonds. The summed E-state index contributed by atoms with van der Waals surface area (Å²) in [6.45, 7) is 0. The van der Waals surface area contributed by atoms with Crippen LogP contribution in [0.5, 0.6) is 0 Å². The van der Waals surface area contributed by atoms with E-state index < -0.39 is 0 Å². The molecule has 5 heterocycles. The molecule has 148 valence electrons. The van der Waals surface area contributed by atoms with Gasteiger partial charge in [0.05, 0.1) is 16.6 Å². The molecule has 2 N–H and O–H groups in total. The van der Waals surface area contributed by atoms with E-state index >= 15 is 0 Å². The van der Waals surface area contributed by atoms with E-state index in [4.69, 9.17) is 4.98 Å². The van der Waals surface area contributed by atoms with Gasteiger partial charge in [0, 0.05) is 41.5 Å². The van der Waals surface area contributed by atoms with Crippen molar-refractivity contribution in [3.8, 4) is 33.9 Å². The molecule has 0 saturated heterocycles. The van der Waals surface area contributed by atoms with E-state index in [1.54, 1.807) is 36.9 Å². The lowest BCUT2D eigenvalue weighted by Gasteiger charge is -2.01. The van der Waals surface area contributed by atoms with Gasteiger partial charge in [-0.2, -0.15) is 5.10 Å². The number of imidazole rings is 1. The van der Waals surface area contributed by atoms with Crippen LogP contribution in [-0.2, 0) is 0 Å². The molecule has 0 bridgehead atoms. The first kappa shape index (κ1) is 17.3. The maximum atomic E-state index is 13.3. The van der Waals surface area contributed by atoms with Crippen LogP contribution in [0.4, 0.5) is 4.39 Å². The van der Waals surface area contributed by atoms with Crippen molar-refractivity contribution in [2.24, 2.45) is 0 Å². The summed E-state index contributed by atoms with van der Waals surface area (Å²) >= 11 is 0. The quantitative estimate of drug-likeness (QED) is 0.455. The molecule has 8 nitrogen and oxygen atoms in total. The molecule has 0 spiro atoms. The molecule has 0 saturated carbocycles. The molecule has 31 heavy (non-hydrogen) atoms. The van der Waals surface area contributed by atoms with Crippen LogP contribution in [-0.4, -0.2) is 40.1 Å². The minimum Gasteiger partial charge on any atom is -0.336 e. The zero-order valence-electron chi connectivity index (χ0n) is 15.9. The highest BCUT2D eigenvalue weighted by molar-refractivity contribution is 5.96. The number of nitrogens with one attached hydrogen (secondary N) is 2. The fraction of sp³-hybridized carbons (Fsp3) is 0. The average Bonchev–Trinajstić information content (AvgIpc) is 3.43. The first-order valence-corrected chi connectivity index (χ1v) is 9.47. The van der Waals surface area contributed by atoms with Crippen molar-refractivity contribution in [1.29, 1.82) is 0 Å². The SMILES string of the molecule is Fc1ccc(-c2nccc3[nH]c(-c4n[nH]c5ncc(-c6cncnc6)cc45)nc23)cc1. The van der Waals surface area contributed by atoms with Crippen molar-refractivity contribution in [2.75, 3.05) is 0 Å². The van der Waals surface area contributed by atoms with E-state index in [1.807, 2.05) is 12.1 Å². The second kappa shape index (κ2) is 6.77. The average molecular weight is 408 g/mol. The van der Waals surface area contributed by atoms with Crippen LogP contribution in [0.1, 0.15) is 0 Å². The molecule has 0 radical (unpaired) electrons. The maximum absolute atomic E-state index is 13.3. The zero-order chi connectivity index (χ0) is 20.8. The summed E-state index contributed by atoms with van der Waals surface area (Å²) < 4.78 is 13.3. The number of nitrogens with zero attached hydrogens (tertiary/aromatic N) is 6. The Balaban J connectivity index is 1.51. The van der Waals surface area contributed by atoms with Gasteiger partial charge in [0.15, 0.2) is 11.5 Å². The third kappa shape index (κ3) is 2.91. The van der Waals surface area contributed by atoms with E-state index in [1.165, 1.54) is 18.5 Å². The summed E-state index contributed by atoms with van der Waals surface area (Å²) in [4.78, 5) is 25.1. The number of halogens is 1. The minimum atomic E-state index is -0.297. The highest BCUT2D eigenvalue weighted by Crippen LogP contribution is 2.31. The van der Waals surface area contributed by atoms with Crippen molar-refractivity contribution >= 4 is 22.1 Å². The van der Waals surface area contributed by atoms with Crippen molar-refractivity contribution in [3.63, 3.8) is 0 Å². The summed E-state index contributed by atoms with van der Waals surface area (Å²) in [5.74, 6) is 0.287. The fourth-order valence-corrected chi connectivity index (χ4v) is 3.56. The standard InChI is InChI=1S/C22H13FN8/c23-15-3-1-12(2-4-15)18-20-17(5-6-26-18)28-22(29-20)19-16-7-13(10-27-21(16)31-30-19)14-8-24-11-25-9-14/h1-11H,(H,28,29)(H,27,30,31). The third-order valence-electron chi connectivity index (χ3n) is 5.05. The highest BCUT2D eigenvalue weighted by atomic mass is 19.1. The largest absolute Gasteiger partial charge is 0.336 e. The number of rotatable bonds is 3. The lowest BCUT2D eigenvalue weighted by atomic mass is 10.1. The van der Waals surface area contributed by atoms with Crippen LogP contribution in [0.25, 0.3) is 56.0 Å². The Kier molecular flexibility index (Phi) is 3.79. The van der Waals surface area contributed by atoms with Crippen molar-refractivity contribution in [2.45, 2.75) is 0 Å². The van der Waals surface area contributed by atoms with E-state index in [9.17, 15) is 4.39 Å². The Hall–Kier alpha value is -4.53. The number of H-pyrrole nitrogens is 2. The summed E-state index contributed by atoms with van der Waals surface area (Å²) in [7, 11) is 0. The molecular weight excluding hydrogens is 395 g/mol. The molecule has 0 aliphatic rings. The van der Waals surface area contributed by atoms with Gasteiger partial charge >= 0.3 is 0 Å². The van der Waals surface area contributed by atoms with Crippen LogP contribution in [0.15, 0.2) is 67.5 Å². The molecule has 9 heteroatoms. The predicted molar refractivity (Wildman–Crippen MR) is 113 cm³/mol. The number of fused-ring (bicyclic) bond motifs is 2. The number of pyridine rings is 2. The second-order valence-corrected chi connectivity index (χ2v) is 6.97. The summed E-state index contributed by atoms with van der Waals surface area (Å²) in [5.41, 5.74) is 5.96. The number of hydrogen-bond acceptors (Lipinski definition) is 6. The van der Waals surface area contributed by atoms with Gasteiger partial charge in [-0.25, -0.2) is 24.3 Å². The molecule has 6 aromatic rings. The van der Waals surface area contributed by atoms with Gasteiger partial charge in [-0.05, 0) is 36.4 Å². The first-order chi connectivity index (χ1) is 15.3. The number of aromatic amines is 2. The Morgan fingerprint density at radius 3 is 2.48 bits per heavy atom. The Bertz CT molecular complexity index is 1540. The highest BCUT2D eigenvalue weighted by Gasteiger charge is 2.17. The van der Waals surface area contributed by atoms with Gasteiger partial charge in [-0.15, -0.1) is 0 Å². The van der Waals surface area contributed by atoms with Gasteiger partial charge in [-0.1, -0.05) is 0 Å². The van der Waals surface area contributed by atoms with E-state index in [2.05, 4.69) is 35.1 Å². The molecule has 0 unspecified atom stereocenters. The molecule has 0 atom stereocenters. The van der Waals surface area contributed by atoms with Crippen LogP contribution >= 0.6 is 0 Å². The van der Waals surface area contributed by atoms with Crippen molar-refractivity contribution in [3.05, 3.63) is 73.3 Å². The van der Waals surface area contributed by atoms with Crippen LogP contribution in [0.2, 0.25) is 0 Å². The predicted octanol–water partition coefficient (Wildman–Crippen LogP) is 4.16.